The Kier molecular flexibility index (Phi) is 11.5. The van der Waals surface area contributed by atoms with E-state index in [0.717, 1.165) is 12.1 Å². The molecule has 0 bridgehead atoms. The molecule has 35 heavy (non-hydrogen) atoms. The zero-order chi connectivity index (χ0) is 26.8. The fourth-order valence-electron chi connectivity index (χ4n) is 3.12. The number of Topliss-reactive ketones (excluding diaryl/α,β-unsaturated/α-hetero) is 1. The van der Waals surface area contributed by atoms with Gasteiger partial charge >= 0.3 is 0 Å². The maximum Gasteiger partial charge on any atom is 0.287 e. The number of nitrogens with two attached hydrogens (primary N) is 1. The van der Waals surface area contributed by atoms with Gasteiger partial charge in [0.1, 0.15) is 11.9 Å². The molecule has 4 amide bonds. The van der Waals surface area contributed by atoms with Crippen LogP contribution in [-0.4, -0.2) is 48.0 Å². The van der Waals surface area contributed by atoms with Crippen molar-refractivity contribution in [3.63, 3.8) is 0 Å². The molecular formula is C24H32ClFN4O5. The first kappa shape index (κ1) is 29.8. The number of hydrogen-bond acceptors (Lipinski definition) is 5. The van der Waals surface area contributed by atoms with Crippen LogP contribution in [0.5, 0.6) is 0 Å². The molecule has 1 aromatic carbocycles. The molecule has 1 aromatic rings. The smallest absolute Gasteiger partial charge is 0.287 e. The van der Waals surface area contributed by atoms with Crippen molar-refractivity contribution in [3.05, 3.63) is 40.7 Å². The third kappa shape index (κ3) is 11.1. The monoisotopic (exact) mass is 510 g/mol. The van der Waals surface area contributed by atoms with Crippen molar-refractivity contribution in [2.45, 2.75) is 59.0 Å². The minimum absolute atomic E-state index is 0.122. The summed E-state index contributed by atoms with van der Waals surface area (Å²) in [6.07, 6.45) is 2.21. The molecule has 0 aliphatic rings. The summed E-state index contributed by atoms with van der Waals surface area (Å²) in [5, 5.41) is 7.74. The van der Waals surface area contributed by atoms with E-state index >= 15 is 0 Å². The largest absolute Gasteiger partial charge is 0.363 e. The molecule has 2 atom stereocenters. The number of rotatable bonds is 12. The highest BCUT2D eigenvalue weighted by Gasteiger charge is 2.31. The molecule has 0 spiro atoms. The second kappa shape index (κ2) is 13.6. The summed E-state index contributed by atoms with van der Waals surface area (Å²) in [6.45, 7) is 7.65. The summed E-state index contributed by atoms with van der Waals surface area (Å²) in [5.41, 5.74) is 4.81. The summed E-state index contributed by atoms with van der Waals surface area (Å²) < 4.78 is 13.9. The van der Waals surface area contributed by atoms with E-state index in [-0.39, 0.29) is 35.8 Å². The zero-order valence-electron chi connectivity index (χ0n) is 20.2. The Balaban J connectivity index is 3.01. The molecular weight excluding hydrogens is 479 g/mol. The van der Waals surface area contributed by atoms with E-state index in [0.29, 0.717) is 6.54 Å². The number of benzene rings is 1. The summed E-state index contributed by atoms with van der Waals surface area (Å²) in [4.78, 5) is 60.9. The first-order chi connectivity index (χ1) is 16.2. The number of hydrogen-bond donors (Lipinski definition) is 4. The SMILES string of the molecule is CCNC(=O)CCC(NC(=O)C(CC(C)(C)C)NC(=O)/C=C/c1ccc(Cl)cc1F)C(=O)C(N)=O. The molecule has 2 unspecified atom stereocenters. The minimum atomic E-state index is -1.33. The Morgan fingerprint density at radius 1 is 1.11 bits per heavy atom. The molecule has 0 saturated carbocycles. The van der Waals surface area contributed by atoms with Crippen molar-refractivity contribution in [3.8, 4) is 0 Å². The van der Waals surface area contributed by atoms with E-state index in [4.69, 9.17) is 17.3 Å². The molecule has 0 heterocycles. The van der Waals surface area contributed by atoms with E-state index in [9.17, 15) is 28.4 Å². The normalized spacial score (nSPS) is 13.1. The van der Waals surface area contributed by atoms with Crippen LogP contribution in [0.4, 0.5) is 4.39 Å². The molecule has 1 rings (SSSR count). The van der Waals surface area contributed by atoms with Crippen LogP contribution >= 0.6 is 11.6 Å². The van der Waals surface area contributed by atoms with Crippen LogP contribution in [0.3, 0.4) is 0 Å². The molecule has 192 valence electrons. The molecule has 0 radical (unpaired) electrons. The average molecular weight is 511 g/mol. The van der Waals surface area contributed by atoms with Crippen LogP contribution in [0.25, 0.3) is 6.08 Å². The predicted octanol–water partition coefficient (Wildman–Crippen LogP) is 1.87. The molecule has 0 fully saturated rings. The lowest BCUT2D eigenvalue weighted by molar-refractivity contribution is -0.139. The molecule has 9 nitrogen and oxygen atoms in total. The van der Waals surface area contributed by atoms with E-state index in [2.05, 4.69) is 16.0 Å². The second-order valence-electron chi connectivity index (χ2n) is 9.11. The van der Waals surface area contributed by atoms with Crippen LogP contribution in [0.1, 0.15) is 52.5 Å². The van der Waals surface area contributed by atoms with Crippen molar-refractivity contribution >= 4 is 47.1 Å². The first-order valence-electron chi connectivity index (χ1n) is 11.1. The molecule has 0 aromatic heterocycles. The Morgan fingerprint density at radius 2 is 1.77 bits per heavy atom. The predicted molar refractivity (Wildman–Crippen MR) is 130 cm³/mol. The summed E-state index contributed by atoms with van der Waals surface area (Å²) >= 11 is 5.72. The maximum atomic E-state index is 13.9. The van der Waals surface area contributed by atoms with Gasteiger partial charge in [0.2, 0.25) is 23.5 Å². The van der Waals surface area contributed by atoms with Crippen LogP contribution < -0.4 is 21.7 Å². The number of halogens is 2. The lowest BCUT2D eigenvalue weighted by Crippen LogP contribution is -2.54. The van der Waals surface area contributed by atoms with Gasteiger partial charge in [-0.1, -0.05) is 38.4 Å². The Labute approximate surface area is 209 Å². The third-order valence-corrected chi connectivity index (χ3v) is 4.97. The van der Waals surface area contributed by atoms with Crippen LogP contribution in [-0.2, 0) is 24.0 Å². The number of amides is 4. The van der Waals surface area contributed by atoms with Crippen LogP contribution in [0.2, 0.25) is 5.02 Å². The Morgan fingerprint density at radius 3 is 2.31 bits per heavy atom. The van der Waals surface area contributed by atoms with Crippen molar-refractivity contribution in [2.75, 3.05) is 6.54 Å². The standard InChI is InChI=1S/C24H32ClFN4O5/c1-5-28-19(31)11-9-17(21(33)22(27)34)30-23(35)18(13-24(2,3)4)29-20(32)10-7-14-6-8-15(25)12-16(14)26/h6-8,10,12,17-18H,5,9,11,13H2,1-4H3,(H2,27,34)(H,28,31)(H,29,32)(H,30,35)/b10-7+. The zero-order valence-corrected chi connectivity index (χ0v) is 21.0. The Hall–Kier alpha value is -3.27. The van der Waals surface area contributed by atoms with E-state index in [1.54, 1.807) is 6.92 Å². The summed E-state index contributed by atoms with van der Waals surface area (Å²) in [7, 11) is 0. The Bertz CT molecular complexity index is 991. The van der Waals surface area contributed by atoms with Gasteiger partial charge < -0.3 is 21.7 Å². The topological polar surface area (TPSA) is 147 Å². The fourth-order valence-corrected chi connectivity index (χ4v) is 3.28. The van der Waals surface area contributed by atoms with Gasteiger partial charge in [-0.3, -0.25) is 24.0 Å². The molecule has 11 heteroatoms. The number of ketones is 1. The van der Waals surface area contributed by atoms with E-state index in [1.807, 2.05) is 20.8 Å². The highest BCUT2D eigenvalue weighted by Crippen LogP contribution is 2.21. The van der Waals surface area contributed by atoms with Gasteiger partial charge in [-0.25, -0.2) is 4.39 Å². The van der Waals surface area contributed by atoms with Crippen molar-refractivity contribution in [1.82, 2.24) is 16.0 Å². The number of carbonyl (C=O) groups excluding carboxylic acids is 5. The van der Waals surface area contributed by atoms with Gasteiger partial charge in [0.15, 0.2) is 0 Å². The number of primary amides is 1. The van der Waals surface area contributed by atoms with Gasteiger partial charge in [-0.15, -0.1) is 0 Å². The van der Waals surface area contributed by atoms with Gasteiger partial charge in [-0.2, -0.15) is 0 Å². The number of carbonyl (C=O) groups is 5. The lowest BCUT2D eigenvalue weighted by atomic mass is 9.87. The molecule has 0 aliphatic carbocycles. The summed E-state index contributed by atoms with van der Waals surface area (Å²) in [5.74, 6) is -4.69. The maximum absolute atomic E-state index is 13.9. The van der Waals surface area contributed by atoms with Gasteiger partial charge in [0.25, 0.3) is 5.91 Å². The lowest BCUT2D eigenvalue weighted by Gasteiger charge is -2.27. The molecule has 5 N–H and O–H groups in total. The highest BCUT2D eigenvalue weighted by molar-refractivity contribution is 6.37. The molecule has 0 saturated heterocycles. The van der Waals surface area contributed by atoms with E-state index < -0.39 is 46.8 Å². The molecule has 0 aliphatic heterocycles. The van der Waals surface area contributed by atoms with Gasteiger partial charge in [0, 0.05) is 29.6 Å². The minimum Gasteiger partial charge on any atom is -0.363 e. The van der Waals surface area contributed by atoms with Crippen molar-refractivity contribution in [2.24, 2.45) is 11.1 Å². The van der Waals surface area contributed by atoms with Crippen molar-refractivity contribution in [1.29, 1.82) is 0 Å². The second-order valence-corrected chi connectivity index (χ2v) is 9.54. The van der Waals surface area contributed by atoms with Gasteiger partial charge in [-0.05, 0) is 43.4 Å². The number of nitrogens with one attached hydrogen (secondary N) is 3. The van der Waals surface area contributed by atoms with Crippen LogP contribution in [0.15, 0.2) is 24.3 Å². The van der Waals surface area contributed by atoms with E-state index in [1.165, 1.54) is 18.2 Å². The quantitative estimate of drug-likeness (QED) is 0.250. The fraction of sp³-hybridized carbons (Fsp3) is 0.458. The van der Waals surface area contributed by atoms with Crippen LogP contribution in [0, 0.1) is 11.2 Å². The van der Waals surface area contributed by atoms with Gasteiger partial charge in [0.05, 0.1) is 6.04 Å². The first-order valence-corrected chi connectivity index (χ1v) is 11.5. The third-order valence-electron chi connectivity index (χ3n) is 4.74. The average Bonchev–Trinajstić information content (AvgIpc) is 2.74. The highest BCUT2D eigenvalue weighted by atomic mass is 35.5. The van der Waals surface area contributed by atoms with Crippen molar-refractivity contribution < 1.29 is 28.4 Å². The summed E-state index contributed by atoms with van der Waals surface area (Å²) in [6, 6.07) is 1.55.